The lowest BCUT2D eigenvalue weighted by Gasteiger charge is -2.18. The van der Waals surface area contributed by atoms with Crippen LogP contribution in [-0.4, -0.2) is 9.78 Å². The Hall–Kier alpha value is -0.440. The summed E-state index contributed by atoms with van der Waals surface area (Å²) < 4.78 is 4.11. The highest BCUT2D eigenvalue weighted by Crippen LogP contribution is 2.27. The topological polar surface area (TPSA) is 55.9 Å². The first kappa shape index (κ1) is 15.0. The van der Waals surface area contributed by atoms with E-state index < -0.39 is 0 Å². The van der Waals surface area contributed by atoms with E-state index >= 15 is 0 Å². The Bertz CT molecular complexity index is 555. The van der Waals surface area contributed by atoms with E-state index in [0.29, 0.717) is 0 Å². The lowest BCUT2D eigenvalue weighted by molar-refractivity contribution is 0.514. The molecule has 102 valence electrons. The number of rotatable bonds is 5. The first-order chi connectivity index (χ1) is 9.10. The summed E-state index contributed by atoms with van der Waals surface area (Å²) in [7, 11) is 1.93. The molecule has 1 aromatic carbocycles. The van der Waals surface area contributed by atoms with Gasteiger partial charge in [0.05, 0.1) is 6.20 Å². The normalized spacial score (nSPS) is 12.6. The van der Waals surface area contributed by atoms with Crippen LogP contribution in [0, 0.1) is 3.57 Å². The Morgan fingerprint density at radius 3 is 2.95 bits per heavy atom. The van der Waals surface area contributed by atoms with Crippen LogP contribution in [0.15, 0.2) is 35.1 Å². The van der Waals surface area contributed by atoms with E-state index in [9.17, 15) is 0 Å². The van der Waals surface area contributed by atoms with Crippen molar-refractivity contribution in [2.24, 2.45) is 12.9 Å². The van der Waals surface area contributed by atoms with E-state index in [1.165, 1.54) is 14.7 Å². The molecule has 19 heavy (non-hydrogen) atoms. The Morgan fingerprint density at radius 2 is 2.32 bits per heavy atom. The van der Waals surface area contributed by atoms with Crippen molar-refractivity contribution in [3.8, 4) is 0 Å². The Kier molecular flexibility index (Phi) is 5.37. The van der Waals surface area contributed by atoms with Crippen molar-refractivity contribution in [2.45, 2.75) is 18.9 Å². The number of hydrogen-bond acceptors (Lipinski definition) is 3. The number of benzene rings is 1. The summed E-state index contributed by atoms with van der Waals surface area (Å²) in [5.41, 5.74) is 5.32. The van der Waals surface area contributed by atoms with Crippen molar-refractivity contribution in [3.63, 3.8) is 0 Å². The van der Waals surface area contributed by atoms with Crippen molar-refractivity contribution in [1.82, 2.24) is 15.2 Å². The molecule has 0 aliphatic heterocycles. The van der Waals surface area contributed by atoms with Gasteiger partial charge in [-0.2, -0.15) is 5.10 Å². The summed E-state index contributed by atoms with van der Waals surface area (Å²) in [4.78, 5) is 0. The second-order valence-electron chi connectivity index (χ2n) is 4.45. The summed E-state index contributed by atoms with van der Waals surface area (Å²) in [6.45, 7) is 0. The minimum absolute atomic E-state index is 0.129. The third-order valence-corrected chi connectivity index (χ3v) is 4.41. The largest absolute Gasteiger partial charge is 0.276 e. The van der Waals surface area contributed by atoms with Crippen LogP contribution in [-0.2, 0) is 13.5 Å². The number of hydrogen-bond donors (Lipinski definition) is 2. The van der Waals surface area contributed by atoms with Gasteiger partial charge in [0.1, 0.15) is 0 Å². The summed E-state index contributed by atoms with van der Waals surface area (Å²) >= 11 is 5.90. The highest BCUT2D eigenvalue weighted by Gasteiger charge is 2.14. The predicted molar refractivity (Wildman–Crippen MR) is 88.5 cm³/mol. The lowest BCUT2D eigenvalue weighted by atomic mass is 10.0. The van der Waals surface area contributed by atoms with Gasteiger partial charge in [-0.15, -0.1) is 0 Å². The van der Waals surface area contributed by atoms with E-state index in [1.807, 2.05) is 24.1 Å². The van der Waals surface area contributed by atoms with Crippen molar-refractivity contribution >= 4 is 38.5 Å². The number of nitrogens with zero attached hydrogens (tertiary/aromatic N) is 2. The van der Waals surface area contributed by atoms with E-state index in [0.717, 1.165) is 17.3 Å². The third-order valence-electron chi connectivity index (χ3n) is 3.01. The predicted octanol–water partition coefficient (Wildman–Crippen LogP) is 2.92. The second-order valence-corrected chi connectivity index (χ2v) is 6.55. The monoisotopic (exact) mass is 434 g/mol. The van der Waals surface area contributed by atoms with Crippen LogP contribution in [0.5, 0.6) is 0 Å². The van der Waals surface area contributed by atoms with Crippen LogP contribution in [0.1, 0.15) is 23.6 Å². The smallest absolute Gasteiger partial charge is 0.0521 e. The molecule has 1 aromatic heterocycles. The molecule has 4 nitrogen and oxygen atoms in total. The number of nitrogens with two attached hydrogens (primary N) is 1. The van der Waals surface area contributed by atoms with E-state index in [2.05, 4.69) is 67.2 Å². The maximum absolute atomic E-state index is 5.70. The number of halogens is 2. The van der Waals surface area contributed by atoms with Crippen molar-refractivity contribution in [2.75, 3.05) is 0 Å². The number of aryl methyl sites for hydroxylation is 2. The molecule has 1 heterocycles. The molecule has 0 amide bonds. The summed E-state index contributed by atoms with van der Waals surface area (Å²) in [6.07, 6.45) is 5.82. The molecule has 0 saturated heterocycles. The Morgan fingerprint density at radius 1 is 1.53 bits per heavy atom. The van der Waals surface area contributed by atoms with Crippen molar-refractivity contribution in [3.05, 3.63) is 49.8 Å². The SMILES string of the molecule is Cn1cc(CCC(NN)c2cc(I)ccc2Br)cn1. The van der Waals surface area contributed by atoms with Crippen LogP contribution in [0.3, 0.4) is 0 Å². The molecule has 6 heteroatoms. The van der Waals surface area contributed by atoms with Gasteiger partial charge in [-0.3, -0.25) is 16.0 Å². The van der Waals surface area contributed by atoms with Crippen molar-refractivity contribution < 1.29 is 0 Å². The van der Waals surface area contributed by atoms with Gasteiger partial charge in [-0.1, -0.05) is 15.9 Å². The van der Waals surface area contributed by atoms with Crippen LogP contribution in [0.4, 0.5) is 0 Å². The van der Waals surface area contributed by atoms with E-state index in [4.69, 9.17) is 5.84 Å². The molecule has 3 N–H and O–H groups in total. The van der Waals surface area contributed by atoms with Crippen LogP contribution in [0.2, 0.25) is 0 Å². The first-order valence-electron chi connectivity index (χ1n) is 5.98. The van der Waals surface area contributed by atoms with Gasteiger partial charge < -0.3 is 0 Å². The molecule has 2 rings (SSSR count). The fourth-order valence-corrected chi connectivity index (χ4v) is 3.06. The van der Waals surface area contributed by atoms with Gasteiger partial charge >= 0.3 is 0 Å². The molecule has 0 aliphatic rings. The first-order valence-corrected chi connectivity index (χ1v) is 7.86. The molecule has 0 saturated carbocycles. The average Bonchev–Trinajstić information content (AvgIpc) is 2.80. The Labute approximate surface area is 135 Å². The molecule has 0 radical (unpaired) electrons. The van der Waals surface area contributed by atoms with Gasteiger partial charge in [-0.05, 0) is 64.8 Å². The number of nitrogens with one attached hydrogen (secondary N) is 1. The quantitative estimate of drug-likeness (QED) is 0.432. The highest BCUT2D eigenvalue weighted by atomic mass is 127. The fourth-order valence-electron chi connectivity index (χ4n) is 2.02. The molecule has 1 atom stereocenters. The summed E-state index contributed by atoms with van der Waals surface area (Å²) in [5, 5.41) is 4.18. The third kappa shape index (κ3) is 4.01. The summed E-state index contributed by atoms with van der Waals surface area (Å²) in [6, 6.07) is 6.41. The van der Waals surface area contributed by atoms with Gasteiger partial charge in [0.25, 0.3) is 0 Å². The molecule has 1 unspecified atom stereocenters. The fraction of sp³-hybridized carbons (Fsp3) is 0.308. The maximum atomic E-state index is 5.70. The highest BCUT2D eigenvalue weighted by molar-refractivity contribution is 14.1. The zero-order valence-corrected chi connectivity index (χ0v) is 14.3. The number of hydrazine groups is 1. The zero-order chi connectivity index (χ0) is 13.8. The minimum atomic E-state index is 0.129. The second kappa shape index (κ2) is 6.83. The molecule has 0 bridgehead atoms. The van der Waals surface area contributed by atoms with E-state index in [-0.39, 0.29) is 6.04 Å². The standard InChI is InChI=1S/C13H16BrIN4/c1-19-8-9(7-17-19)2-5-13(18-16)11-6-10(15)3-4-12(11)14/h3-4,6-8,13,18H,2,5,16H2,1H3. The minimum Gasteiger partial charge on any atom is -0.276 e. The molecular weight excluding hydrogens is 419 g/mol. The maximum Gasteiger partial charge on any atom is 0.0521 e. The molecule has 0 aliphatic carbocycles. The van der Waals surface area contributed by atoms with Crippen LogP contribution in [0.25, 0.3) is 0 Å². The molecule has 2 aromatic rings. The summed E-state index contributed by atoms with van der Waals surface area (Å²) in [5.74, 6) is 5.70. The number of aromatic nitrogens is 2. The van der Waals surface area contributed by atoms with Gasteiger partial charge in [0.2, 0.25) is 0 Å². The Balaban J connectivity index is 2.09. The van der Waals surface area contributed by atoms with Crippen LogP contribution < -0.4 is 11.3 Å². The van der Waals surface area contributed by atoms with Gasteiger partial charge in [0, 0.05) is 27.3 Å². The lowest BCUT2D eigenvalue weighted by Crippen LogP contribution is -2.28. The molecular formula is C13H16BrIN4. The van der Waals surface area contributed by atoms with Crippen LogP contribution >= 0.6 is 38.5 Å². The zero-order valence-electron chi connectivity index (χ0n) is 10.6. The van der Waals surface area contributed by atoms with Gasteiger partial charge in [0.15, 0.2) is 0 Å². The van der Waals surface area contributed by atoms with Gasteiger partial charge in [-0.25, -0.2) is 0 Å². The molecule has 0 fully saturated rings. The average molecular weight is 435 g/mol. The van der Waals surface area contributed by atoms with E-state index in [1.54, 1.807) is 0 Å². The van der Waals surface area contributed by atoms with Crippen molar-refractivity contribution in [1.29, 1.82) is 0 Å². The molecule has 0 spiro atoms.